The fourth-order valence-electron chi connectivity index (χ4n) is 5.70. The molecule has 0 saturated carbocycles. The highest BCUT2D eigenvalue weighted by molar-refractivity contribution is 6.47. The van der Waals surface area contributed by atoms with Crippen molar-refractivity contribution in [1.29, 1.82) is 0 Å². The topological polar surface area (TPSA) is 83.4 Å². The molecule has 11 heteroatoms. The third-order valence-corrected chi connectivity index (χ3v) is 7.80. The van der Waals surface area contributed by atoms with Crippen LogP contribution in [-0.2, 0) is 17.8 Å². The molecule has 6 rings (SSSR count). The number of amides is 1. The van der Waals surface area contributed by atoms with Crippen LogP contribution in [0, 0.1) is 12.7 Å². The van der Waals surface area contributed by atoms with Crippen molar-refractivity contribution in [3.05, 3.63) is 89.8 Å². The van der Waals surface area contributed by atoms with E-state index in [9.17, 15) is 14.0 Å². The number of ketones is 1. The van der Waals surface area contributed by atoms with Gasteiger partial charge in [-0.05, 0) is 36.8 Å². The summed E-state index contributed by atoms with van der Waals surface area (Å²) in [5, 5.41) is 2.54. The Kier molecular flexibility index (Phi) is 6.51. The van der Waals surface area contributed by atoms with Crippen molar-refractivity contribution in [1.82, 2.24) is 14.5 Å². The van der Waals surface area contributed by atoms with E-state index >= 15 is 8.78 Å². The number of Topliss-reactive ketones (excluding diaryl/α,β-unsaturated/α-hetero) is 1. The predicted molar refractivity (Wildman–Crippen MR) is 149 cm³/mol. The van der Waals surface area contributed by atoms with Gasteiger partial charge < -0.3 is 19.7 Å². The van der Waals surface area contributed by atoms with Gasteiger partial charge in [-0.1, -0.05) is 30.3 Å². The molecule has 1 N–H and O–H groups in total. The normalized spacial score (nSPS) is 17.5. The number of nitrogens with one attached hydrogen (secondary N) is 1. The van der Waals surface area contributed by atoms with Crippen LogP contribution in [0.2, 0.25) is 0 Å². The number of benzene rings is 2. The Morgan fingerprint density at radius 2 is 1.76 bits per heavy atom. The lowest BCUT2D eigenvalue weighted by molar-refractivity contribution is -0.112. The Balaban J connectivity index is 1.23. The van der Waals surface area contributed by atoms with Crippen LogP contribution in [0.15, 0.2) is 67.0 Å². The smallest absolute Gasteiger partial charge is 0.298 e. The van der Waals surface area contributed by atoms with Crippen molar-refractivity contribution in [2.24, 2.45) is 7.05 Å². The molecule has 0 spiro atoms. The number of alkyl halides is 2. The van der Waals surface area contributed by atoms with Gasteiger partial charge in [-0.15, -0.1) is 0 Å². The van der Waals surface area contributed by atoms with E-state index < -0.39 is 35.9 Å². The summed E-state index contributed by atoms with van der Waals surface area (Å²) in [4.78, 5) is 38.1. The molecule has 1 fully saturated rings. The molecular formula is C30H27F3N6O2. The van der Waals surface area contributed by atoms with Gasteiger partial charge in [0.2, 0.25) is 5.95 Å². The Labute approximate surface area is 234 Å². The summed E-state index contributed by atoms with van der Waals surface area (Å²) in [6, 6.07) is 14.9. The van der Waals surface area contributed by atoms with E-state index in [1.165, 1.54) is 12.1 Å². The maximum absolute atomic E-state index is 15.5. The van der Waals surface area contributed by atoms with Crippen LogP contribution >= 0.6 is 0 Å². The molecule has 2 aromatic carbocycles. The number of aryl methyl sites for hydroxylation is 1. The highest BCUT2D eigenvalue weighted by atomic mass is 19.3. The summed E-state index contributed by atoms with van der Waals surface area (Å²) < 4.78 is 45.9. The van der Waals surface area contributed by atoms with E-state index in [4.69, 9.17) is 0 Å². The maximum Gasteiger partial charge on any atom is 0.298 e. The fraction of sp³-hybridized carbons (Fsp3) is 0.267. The zero-order valence-corrected chi connectivity index (χ0v) is 22.4. The largest absolute Gasteiger partial charge is 0.364 e. The first kappa shape index (κ1) is 26.5. The summed E-state index contributed by atoms with van der Waals surface area (Å²) in [7, 11) is 1.71. The van der Waals surface area contributed by atoms with E-state index in [1.807, 2.05) is 48.2 Å². The molecule has 8 nitrogen and oxygen atoms in total. The van der Waals surface area contributed by atoms with Crippen LogP contribution in [0.4, 0.5) is 30.5 Å². The number of fused-ring (bicyclic) bond motifs is 3. The van der Waals surface area contributed by atoms with Gasteiger partial charge in [0.25, 0.3) is 17.6 Å². The number of hydrogen-bond acceptors (Lipinski definition) is 6. The second kappa shape index (κ2) is 10.1. The van der Waals surface area contributed by atoms with Crippen LogP contribution in [0.5, 0.6) is 0 Å². The van der Waals surface area contributed by atoms with Crippen LogP contribution < -0.4 is 15.1 Å². The molecule has 1 amide bonds. The molecule has 4 heterocycles. The summed E-state index contributed by atoms with van der Waals surface area (Å²) >= 11 is 0. The lowest BCUT2D eigenvalue weighted by Gasteiger charge is -2.48. The summed E-state index contributed by atoms with van der Waals surface area (Å²) in [6.45, 7) is 3.01. The third-order valence-electron chi connectivity index (χ3n) is 7.80. The monoisotopic (exact) mass is 560 g/mol. The van der Waals surface area contributed by atoms with Crippen LogP contribution in [-0.4, -0.2) is 51.9 Å². The van der Waals surface area contributed by atoms with Gasteiger partial charge in [0.05, 0.1) is 18.4 Å². The number of carbonyl (C=O) groups is 2. The van der Waals surface area contributed by atoms with Crippen molar-refractivity contribution in [3.63, 3.8) is 0 Å². The molecule has 0 aliphatic carbocycles. The van der Waals surface area contributed by atoms with Gasteiger partial charge in [0, 0.05) is 61.3 Å². The molecule has 0 bridgehead atoms. The minimum absolute atomic E-state index is 0.116. The number of aromatic nitrogens is 3. The van der Waals surface area contributed by atoms with Gasteiger partial charge in [-0.3, -0.25) is 9.59 Å². The minimum atomic E-state index is -3.18. The molecule has 1 atom stereocenters. The van der Waals surface area contributed by atoms with Gasteiger partial charge >= 0.3 is 0 Å². The third kappa shape index (κ3) is 4.81. The molecule has 1 saturated heterocycles. The highest BCUT2D eigenvalue weighted by Gasteiger charge is 2.46. The Morgan fingerprint density at radius 1 is 1.02 bits per heavy atom. The molecule has 2 aliphatic rings. The number of carbonyl (C=O) groups excluding carboxylic acids is 2. The zero-order valence-electron chi connectivity index (χ0n) is 22.4. The molecular weight excluding hydrogens is 533 g/mol. The molecule has 1 unspecified atom stereocenters. The standard InChI is InChI=1S/C30H27F3N6O2/c1-18-12-23(19-6-4-3-5-7-19)26(37(18)2)27(40)28(41)36-21-8-9-25-24(13-21)30(32,33)14-22-17-38(10-11-39(22)25)29-34-15-20(31)16-35-29/h3-9,12-13,15-16,22H,10-11,14,17H2,1-2H3,(H,36,41). The summed E-state index contributed by atoms with van der Waals surface area (Å²) in [5.41, 5.74) is 2.73. The first-order valence-electron chi connectivity index (χ1n) is 13.2. The SMILES string of the molecule is Cc1cc(-c2ccccc2)c(C(=O)C(=O)Nc2ccc3c(c2)C(F)(F)CC2CN(c4ncc(F)cn4)CCN32)n1C. The van der Waals surface area contributed by atoms with Gasteiger partial charge in [-0.2, -0.15) is 0 Å². The Morgan fingerprint density at radius 3 is 2.49 bits per heavy atom. The predicted octanol–water partition coefficient (Wildman–Crippen LogP) is 4.94. The zero-order chi connectivity index (χ0) is 28.9. The number of piperazine rings is 1. The number of anilines is 3. The lowest BCUT2D eigenvalue weighted by atomic mass is 9.90. The Bertz CT molecular complexity index is 1640. The summed E-state index contributed by atoms with van der Waals surface area (Å²) in [6.07, 6.45) is 1.67. The average Bonchev–Trinajstić information content (AvgIpc) is 3.26. The van der Waals surface area contributed by atoms with Crippen molar-refractivity contribution in [2.75, 3.05) is 34.8 Å². The van der Waals surface area contributed by atoms with Gasteiger partial charge in [0.1, 0.15) is 5.69 Å². The van der Waals surface area contributed by atoms with E-state index in [0.29, 0.717) is 30.3 Å². The van der Waals surface area contributed by atoms with Crippen LogP contribution in [0.3, 0.4) is 0 Å². The first-order valence-corrected chi connectivity index (χ1v) is 13.2. The van der Waals surface area contributed by atoms with Crippen molar-refractivity contribution < 1.29 is 22.8 Å². The van der Waals surface area contributed by atoms with E-state index in [1.54, 1.807) is 22.6 Å². The number of hydrogen-bond donors (Lipinski definition) is 1. The second-order valence-electron chi connectivity index (χ2n) is 10.4. The lowest BCUT2D eigenvalue weighted by Crippen LogP contribution is -2.57. The molecule has 0 radical (unpaired) electrons. The van der Waals surface area contributed by atoms with Crippen molar-refractivity contribution >= 4 is 29.0 Å². The Hall–Kier alpha value is -4.67. The van der Waals surface area contributed by atoms with E-state index in [0.717, 1.165) is 23.7 Å². The van der Waals surface area contributed by atoms with Crippen LogP contribution in [0.1, 0.15) is 28.2 Å². The molecule has 4 aromatic rings. The van der Waals surface area contributed by atoms with E-state index in [-0.39, 0.29) is 23.5 Å². The van der Waals surface area contributed by atoms with Crippen LogP contribution in [0.25, 0.3) is 11.1 Å². The van der Waals surface area contributed by atoms with Gasteiger partial charge in [0.15, 0.2) is 5.82 Å². The number of nitrogens with zero attached hydrogens (tertiary/aromatic N) is 5. The summed E-state index contributed by atoms with van der Waals surface area (Å²) in [5.74, 6) is -5.11. The number of rotatable bonds is 5. The average molecular weight is 561 g/mol. The first-order chi connectivity index (χ1) is 19.6. The molecule has 210 valence electrons. The van der Waals surface area contributed by atoms with E-state index in [2.05, 4.69) is 15.3 Å². The maximum atomic E-state index is 15.5. The molecule has 41 heavy (non-hydrogen) atoms. The fourth-order valence-corrected chi connectivity index (χ4v) is 5.70. The second-order valence-corrected chi connectivity index (χ2v) is 10.4. The molecule has 2 aliphatic heterocycles. The van der Waals surface area contributed by atoms with Crippen molar-refractivity contribution in [2.45, 2.75) is 25.3 Å². The minimum Gasteiger partial charge on any atom is -0.364 e. The quantitative estimate of drug-likeness (QED) is 0.275. The van der Waals surface area contributed by atoms with Gasteiger partial charge in [-0.25, -0.2) is 23.1 Å². The molecule has 2 aromatic heterocycles. The number of halogens is 3. The van der Waals surface area contributed by atoms with Crippen molar-refractivity contribution in [3.8, 4) is 11.1 Å². The highest BCUT2D eigenvalue weighted by Crippen LogP contribution is 2.47.